The molecule has 5 atom stereocenters. The van der Waals surface area contributed by atoms with E-state index in [-0.39, 0.29) is 17.0 Å². The van der Waals surface area contributed by atoms with E-state index in [1.54, 1.807) is 17.0 Å². The average molecular weight is 658 g/mol. The summed E-state index contributed by atoms with van der Waals surface area (Å²) in [7, 11) is -2.47. The summed E-state index contributed by atoms with van der Waals surface area (Å²) in [4.78, 5) is 29.4. The summed E-state index contributed by atoms with van der Waals surface area (Å²) < 4.78 is 31.1. The molecule has 0 spiro atoms. The number of anilines is 1. The molecule has 2 heterocycles. The molecule has 1 unspecified atom stereocenters. The van der Waals surface area contributed by atoms with Gasteiger partial charge in [-0.3, -0.25) is 4.90 Å². The van der Waals surface area contributed by atoms with Gasteiger partial charge in [0.05, 0.1) is 11.8 Å². The molecule has 0 bridgehead atoms. The van der Waals surface area contributed by atoms with Crippen LogP contribution in [0.15, 0.2) is 30.4 Å². The Balaban J connectivity index is 1.90. The Hall–Kier alpha value is -2.66. The number of hydrogen-bond donors (Lipinski definition) is 1. The van der Waals surface area contributed by atoms with E-state index in [0.29, 0.717) is 29.0 Å². The quantitative estimate of drug-likeness (QED) is 0.197. The van der Waals surface area contributed by atoms with Gasteiger partial charge in [0.2, 0.25) is 0 Å². The molecule has 4 rings (SSSR count). The standard InChI is InChI=1S/C36H55NO8Si/c1-22-16-19-27(38)31-28(42-36(9,10)43-31)15-13-14-24-20-26(37(25-17-18-25)33(40)44-34(3,4)5)21-29(30(24)32(39)41-23(22)2)45-46(11,12)35(6,7)8/h13-14,16,19-23,25,27-28,31,38H,15,17-18H2,1-12H3/b14-13+,19-16-/t22-,23+,27?,28+,31-/m1/s1. The largest absolute Gasteiger partial charge is 0.543 e. The van der Waals surface area contributed by atoms with Gasteiger partial charge in [0.25, 0.3) is 8.32 Å². The third-order valence-corrected chi connectivity index (χ3v) is 13.5. The molecule has 3 aliphatic rings. The zero-order chi connectivity index (χ0) is 34.4. The third-order valence-electron chi connectivity index (χ3n) is 9.14. The zero-order valence-electron chi connectivity index (χ0n) is 29.8. The second-order valence-electron chi connectivity index (χ2n) is 16.0. The number of cyclic esters (lactones) is 1. The molecular weight excluding hydrogens is 602 g/mol. The minimum Gasteiger partial charge on any atom is -0.543 e. The molecule has 9 nitrogen and oxygen atoms in total. The minimum absolute atomic E-state index is 0.00997. The van der Waals surface area contributed by atoms with Crippen LogP contribution in [-0.2, 0) is 18.9 Å². The number of aliphatic hydroxyl groups excluding tert-OH is 1. The van der Waals surface area contributed by atoms with E-state index in [0.717, 1.165) is 12.8 Å². The predicted octanol–water partition coefficient (Wildman–Crippen LogP) is 8.01. The number of esters is 1. The first-order chi connectivity index (χ1) is 21.1. The second kappa shape index (κ2) is 13.1. The van der Waals surface area contributed by atoms with Crippen LogP contribution < -0.4 is 9.33 Å². The molecule has 1 aromatic rings. The Kier molecular flexibility index (Phi) is 10.3. The van der Waals surface area contributed by atoms with Crippen molar-refractivity contribution in [3.63, 3.8) is 0 Å². The van der Waals surface area contributed by atoms with Gasteiger partial charge in [0, 0.05) is 18.0 Å². The smallest absolute Gasteiger partial charge is 0.415 e. The van der Waals surface area contributed by atoms with Crippen LogP contribution in [0.5, 0.6) is 5.75 Å². The number of aliphatic hydroxyl groups is 1. The van der Waals surface area contributed by atoms with Gasteiger partial charge < -0.3 is 28.5 Å². The molecule has 0 radical (unpaired) electrons. The first-order valence-electron chi connectivity index (χ1n) is 16.6. The Labute approximate surface area is 276 Å². The average Bonchev–Trinajstić information content (AvgIpc) is 3.66. The number of rotatable bonds is 4. The fraction of sp³-hybridized carbons (Fsp3) is 0.667. The van der Waals surface area contributed by atoms with E-state index in [1.807, 2.05) is 72.8 Å². The topological polar surface area (TPSA) is 104 Å². The lowest BCUT2D eigenvalue weighted by atomic mass is 9.98. The molecule has 2 fully saturated rings. The first-order valence-corrected chi connectivity index (χ1v) is 19.5. The van der Waals surface area contributed by atoms with Crippen molar-refractivity contribution in [3.8, 4) is 5.75 Å². The van der Waals surface area contributed by atoms with E-state index in [4.69, 9.17) is 23.4 Å². The Morgan fingerprint density at radius 1 is 1.04 bits per heavy atom. The van der Waals surface area contributed by atoms with Crippen LogP contribution in [0.2, 0.25) is 18.1 Å². The number of fused-ring (bicyclic) bond motifs is 2. The van der Waals surface area contributed by atoms with Crippen molar-refractivity contribution >= 4 is 32.1 Å². The van der Waals surface area contributed by atoms with Gasteiger partial charge >= 0.3 is 12.1 Å². The van der Waals surface area contributed by atoms with Gasteiger partial charge in [0.1, 0.15) is 35.2 Å². The summed E-state index contributed by atoms with van der Waals surface area (Å²) in [6.45, 7) is 23.7. The number of nitrogens with zero attached hydrogens (tertiary/aromatic N) is 1. The summed E-state index contributed by atoms with van der Waals surface area (Å²) in [6.07, 6.45) is 6.59. The van der Waals surface area contributed by atoms with Gasteiger partial charge in [-0.2, -0.15) is 0 Å². The van der Waals surface area contributed by atoms with E-state index >= 15 is 0 Å². The SMILES string of the molecule is C[C@@H]1/C=C\C(O)[C@H]2OC(C)(C)O[C@H]2C/C=C/c2cc(N(C(=O)OC(C)(C)C)C3CC3)cc(O[Si](C)(C)C(C)(C)C)c2C(=O)O[C@H]1C. The summed E-state index contributed by atoms with van der Waals surface area (Å²) in [5.41, 5.74) is 0.794. The van der Waals surface area contributed by atoms with Crippen LogP contribution in [0.3, 0.4) is 0 Å². The normalized spacial score (nSPS) is 28.6. The highest BCUT2D eigenvalue weighted by atomic mass is 28.4. The Bertz CT molecular complexity index is 1350. The Morgan fingerprint density at radius 2 is 1.70 bits per heavy atom. The van der Waals surface area contributed by atoms with Crippen molar-refractivity contribution in [2.75, 3.05) is 4.90 Å². The van der Waals surface area contributed by atoms with Crippen LogP contribution in [0.25, 0.3) is 6.08 Å². The summed E-state index contributed by atoms with van der Waals surface area (Å²) >= 11 is 0. The number of carbonyl (C=O) groups excluding carboxylic acids is 2. The van der Waals surface area contributed by atoms with E-state index < -0.39 is 56.2 Å². The fourth-order valence-corrected chi connectivity index (χ4v) is 6.30. The number of amides is 1. The molecule has 256 valence electrons. The second-order valence-corrected chi connectivity index (χ2v) is 20.7. The molecule has 2 aliphatic heterocycles. The lowest BCUT2D eigenvalue weighted by molar-refractivity contribution is -0.152. The number of benzene rings is 1. The van der Waals surface area contributed by atoms with Crippen molar-refractivity contribution in [1.82, 2.24) is 0 Å². The van der Waals surface area contributed by atoms with E-state index in [2.05, 4.69) is 33.9 Å². The molecule has 1 aliphatic carbocycles. The predicted molar refractivity (Wildman–Crippen MR) is 183 cm³/mol. The van der Waals surface area contributed by atoms with Crippen LogP contribution in [0.4, 0.5) is 10.5 Å². The van der Waals surface area contributed by atoms with Crippen molar-refractivity contribution in [2.45, 2.75) is 148 Å². The molecular formula is C36H55NO8Si. The van der Waals surface area contributed by atoms with Gasteiger partial charge in [-0.15, -0.1) is 0 Å². The van der Waals surface area contributed by atoms with E-state index in [9.17, 15) is 14.7 Å². The monoisotopic (exact) mass is 657 g/mol. The van der Waals surface area contributed by atoms with Gasteiger partial charge in [-0.05, 0) is 90.6 Å². The molecule has 1 saturated heterocycles. The highest BCUT2D eigenvalue weighted by Gasteiger charge is 2.44. The molecule has 0 aromatic heterocycles. The van der Waals surface area contributed by atoms with Gasteiger partial charge in [-0.1, -0.05) is 52.0 Å². The molecule has 1 N–H and O–H groups in total. The molecule has 1 aromatic carbocycles. The van der Waals surface area contributed by atoms with Crippen molar-refractivity contribution in [3.05, 3.63) is 41.5 Å². The fourth-order valence-electron chi connectivity index (χ4n) is 5.28. The van der Waals surface area contributed by atoms with Gasteiger partial charge in [-0.25, -0.2) is 9.59 Å². The minimum atomic E-state index is -2.47. The van der Waals surface area contributed by atoms with Gasteiger partial charge in [0.15, 0.2) is 5.79 Å². The van der Waals surface area contributed by atoms with Crippen LogP contribution in [0, 0.1) is 5.92 Å². The van der Waals surface area contributed by atoms with E-state index in [1.165, 1.54) is 0 Å². The summed E-state index contributed by atoms with van der Waals surface area (Å²) in [5, 5.41) is 10.9. The van der Waals surface area contributed by atoms with Crippen molar-refractivity contribution in [1.29, 1.82) is 0 Å². The maximum atomic E-state index is 14.1. The molecule has 1 saturated carbocycles. The third kappa shape index (κ3) is 8.62. The zero-order valence-corrected chi connectivity index (χ0v) is 30.8. The lowest BCUT2D eigenvalue weighted by Crippen LogP contribution is -2.44. The van der Waals surface area contributed by atoms with Crippen molar-refractivity contribution < 1.29 is 38.1 Å². The Morgan fingerprint density at radius 3 is 2.28 bits per heavy atom. The molecule has 10 heteroatoms. The summed E-state index contributed by atoms with van der Waals surface area (Å²) in [5.74, 6) is -1.19. The number of ether oxygens (including phenoxy) is 4. The highest BCUT2D eigenvalue weighted by Crippen LogP contribution is 2.43. The van der Waals surface area contributed by atoms with Crippen LogP contribution >= 0.6 is 0 Å². The maximum Gasteiger partial charge on any atom is 0.415 e. The lowest BCUT2D eigenvalue weighted by Gasteiger charge is -2.37. The van der Waals surface area contributed by atoms with Crippen LogP contribution in [-0.4, -0.2) is 67.3 Å². The van der Waals surface area contributed by atoms with Crippen molar-refractivity contribution in [2.24, 2.45) is 5.92 Å². The number of hydrogen-bond acceptors (Lipinski definition) is 8. The first kappa shape index (κ1) is 36.2. The van der Waals surface area contributed by atoms with Crippen LogP contribution in [0.1, 0.15) is 104 Å². The molecule has 46 heavy (non-hydrogen) atoms. The molecule has 1 amide bonds. The summed E-state index contributed by atoms with van der Waals surface area (Å²) in [6, 6.07) is 3.64. The number of carbonyl (C=O) groups is 2. The highest BCUT2D eigenvalue weighted by molar-refractivity contribution is 6.74. The maximum absolute atomic E-state index is 14.1.